The normalized spacial score (nSPS) is 15.8. The molecule has 0 atom stereocenters. The summed E-state index contributed by atoms with van der Waals surface area (Å²) in [4.78, 5) is 10.9. The maximum Gasteiger partial charge on any atom is 0.250 e. The number of aromatic nitrogens is 2. The molecule has 3 heterocycles. The van der Waals surface area contributed by atoms with Crippen LogP contribution in [0.2, 0.25) is 0 Å². The maximum absolute atomic E-state index is 12.2. The molecule has 0 saturated carbocycles. The molecule has 23 heavy (non-hydrogen) atoms. The Morgan fingerprint density at radius 2 is 2.00 bits per heavy atom. The van der Waals surface area contributed by atoms with E-state index in [1.807, 2.05) is 6.07 Å². The minimum atomic E-state index is -3.53. The van der Waals surface area contributed by atoms with Crippen LogP contribution < -0.4 is 9.62 Å². The molecule has 0 radical (unpaired) electrons. The van der Waals surface area contributed by atoms with E-state index in [1.54, 1.807) is 18.3 Å². The molecule has 0 unspecified atom stereocenters. The number of anilines is 1. The average Bonchev–Trinajstić information content (AvgIpc) is 3.02. The first-order chi connectivity index (χ1) is 11.0. The third-order valence-corrected chi connectivity index (χ3v) is 7.12. The number of hydrogen-bond acceptors (Lipinski definition) is 6. The van der Waals surface area contributed by atoms with E-state index in [2.05, 4.69) is 35.5 Å². The van der Waals surface area contributed by atoms with Crippen LogP contribution in [0.1, 0.15) is 25.1 Å². The zero-order valence-corrected chi connectivity index (χ0v) is 15.6. The van der Waals surface area contributed by atoms with Crippen molar-refractivity contribution in [3.63, 3.8) is 0 Å². The summed E-state index contributed by atoms with van der Waals surface area (Å²) < 4.78 is 28.0. The number of nitrogens with one attached hydrogen (secondary N) is 1. The molecule has 0 aromatic carbocycles. The van der Waals surface area contributed by atoms with E-state index < -0.39 is 10.0 Å². The summed E-state index contributed by atoms with van der Waals surface area (Å²) in [5.41, 5.74) is 0. The molecule has 1 aliphatic rings. The van der Waals surface area contributed by atoms with Crippen LogP contribution in [0.4, 0.5) is 5.82 Å². The van der Waals surface area contributed by atoms with Crippen LogP contribution in [0, 0.1) is 0 Å². The van der Waals surface area contributed by atoms with E-state index in [9.17, 15) is 8.42 Å². The fourth-order valence-electron chi connectivity index (χ4n) is 2.45. The first kappa shape index (κ1) is 16.8. The van der Waals surface area contributed by atoms with E-state index in [0.29, 0.717) is 5.82 Å². The zero-order chi connectivity index (χ0) is 16.3. The summed E-state index contributed by atoms with van der Waals surface area (Å²) in [5, 5.41) is 0. The minimum absolute atomic E-state index is 0.0829. The third-order valence-electron chi connectivity index (χ3n) is 3.60. The summed E-state index contributed by atoms with van der Waals surface area (Å²) in [6.07, 6.45) is 5.27. The van der Waals surface area contributed by atoms with E-state index in [1.165, 1.54) is 30.6 Å². The SMILES string of the molecule is O=S(=O)(NCc1nccc(N2CCCCC2)n1)c1ccc(Br)s1. The van der Waals surface area contributed by atoms with Crippen molar-refractivity contribution in [2.24, 2.45) is 0 Å². The van der Waals surface area contributed by atoms with Gasteiger partial charge in [0.15, 0.2) is 0 Å². The van der Waals surface area contributed by atoms with Gasteiger partial charge in [0.05, 0.1) is 10.3 Å². The molecule has 124 valence electrons. The molecule has 6 nitrogen and oxygen atoms in total. The maximum atomic E-state index is 12.2. The first-order valence-electron chi connectivity index (χ1n) is 7.36. The van der Waals surface area contributed by atoms with Crippen LogP contribution in [0.15, 0.2) is 32.4 Å². The van der Waals surface area contributed by atoms with Crippen molar-refractivity contribution in [1.82, 2.24) is 14.7 Å². The van der Waals surface area contributed by atoms with Gasteiger partial charge in [-0.25, -0.2) is 23.1 Å². The summed E-state index contributed by atoms with van der Waals surface area (Å²) in [6, 6.07) is 5.16. The summed E-state index contributed by atoms with van der Waals surface area (Å²) in [7, 11) is -3.53. The Balaban J connectivity index is 1.68. The average molecular weight is 417 g/mol. The van der Waals surface area contributed by atoms with Crippen LogP contribution in [0.25, 0.3) is 0 Å². The van der Waals surface area contributed by atoms with Crippen molar-refractivity contribution in [1.29, 1.82) is 0 Å². The van der Waals surface area contributed by atoms with Crippen LogP contribution >= 0.6 is 27.3 Å². The van der Waals surface area contributed by atoms with Gasteiger partial charge in [-0.15, -0.1) is 11.3 Å². The lowest BCUT2D eigenvalue weighted by Gasteiger charge is -2.27. The van der Waals surface area contributed by atoms with Gasteiger partial charge >= 0.3 is 0 Å². The fourth-order valence-corrected chi connectivity index (χ4v) is 5.48. The second kappa shape index (κ2) is 7.25. The van der Waals surface area contributed by atoms with Crippen LogP contribution in [0.5, 0.6) is 0 Å². The highest BCUT2D eigenvalue weighted by Gasteiger charge is 2.17. The Kier molecular flexibility index (Phi) is 5.30. The highest BCUT2D eigenvalue weighted by Crippen LogP contribution is 2.25. The molecule has 1 N–H and O–H groups in total. The molecule has 2 aromatic heterocycles. The second-order valence-electron chi connectivity index (χ2n) is 5.26. The Morgan fingerprint density at radius 3 is 2.70 bits per heavy atom. The predicted molar refractivity (Wildman–Crippen MR) is 94.1 cm³/mol. The monoisotopic (exact) mass is 416 g/mol. The molecule has 1 aliphatic heterocycles. The molecule has 1 fully saturated rings. The lowest BCUT2D eigenvalue weighted by molar-refractivity contribution is 0.570. The molecular weight excluding hydrogens is 400 g/mol. The highest BCUT2D eigenvalue weighted by molar-refractivity contribution is 9.11. The van der Waals surface area contributed by atoms with Crippen molar-refractivity contribution in [3.8, 4) is 0 Å². The lowest BCUT2D eigenvalue weighted by Crippen LogP contribution is -2.31. The van der Waals surface area contributed by atoms with Gasteiger partial charge in [0.1, 0.15) is 15.9 Å². The van der Waals surface area contributed by atoms with Gasteiger partial charge in [0.2, 0.25) is 10.0 Å². The van der Waals surface area contributed by atoms with Crippen LogP contribution in [0.3, 0.4) is 0 Å². The second-order valence-corrected chi connectivity index (χ2v) is 9.72. The number of nitrogens with zero attached hydrogens (tertiary/aromatic N) is 3. The summed E-state index contributed by atoms with van der Waals surface area (Å²) >= 11 is 4.44. The van der Waals surface area contributed by atoms with Gasteiger partial charge in [-0.2, -0.15) is 0 Å². The number of piperidine rings is 1. The summed E-state index contributed by atoms with van der Waals surface area (Å²) in [5.74, 6) is 1.35. The van der Waals surface area contributed by atoms with E-state index in [-0.39, 0.29) is 10.8 Å². The van der Waals surface area contributed by atoms with Crippen molar-refractivity contribution in [2.75, 3.05) is 18.0 Å². The third kappa shape index (κ3) is 4.28. The first-order valence-corrected chi connectivity index (χ1v) is 10.5. The number of halogens is 1. The largest absolute Gasteiger partial charge is 0.357 e. The molecule has 9 heteroatoms. The van der Waals surface area contributed by atoms with Gasteiger partial charge in [-0.05, 0) is 53.4 Å². The topological polar surface area (TPSA) is 75.2 Å². The standard InChI is InChI=1S/C14H17BrN4O2S2/c15-11-4-5-14(22-11)23(20,21)17-10-12-16-7-6-13(18-12)19-8-2-1-3-9-19/h4-7,17H,1-3,8-10H2. The van der Waals surface area contributed by atoms with E-state index >= 15 is 0 Å². The van der Waals surface area contributed by atoms with Gasteiger partial charge in [0, 0.05) is 19.3 Å². The van der Waals surface area contributed by atoms with Crippen molar-refractivity contribution >= 4 is 43.1 Å². The van der Waals surface area contributed by atoms with Crippen LogP contribution in [-0.4, -0.2) is 31.5 Å². The Bertz CT molecular complexity index is 773. The van der Waals surface area contributed by atoms with Crippen LogP contribution in [-0.2, 0) is 16.6 Å². The molecule has 0 bridgehead atoms. The highest BCUT2D eigenvalue weighted by atomic mass is 79.9. The van der Waals surface area contributed by atoms with Gasteiger partial charge in [-0.1, -0.05) is 0 Å². The van der Waals surface area contributed by atoms with Crippen molar-refractivity contribution in [3.05, 3.63) is 34.0 Å². The smallest absolute Gasteiger partial charge is 0.250 e. The number of thiophene rings is 1. The van der Waals surface area contributed by atoms with E-state index in [4.69, 9.17) is 0 Å². The molecule has 0 amide bonds. The lowest BCUT2D eigenvalue weighted by atomic mass is 10.1. The number of rotatable bonds is 5. The van der Waals surface area contributed by atoms with E-state index in [0.717, 1.165) is 22.7 Å². The minimum Gasteiger partial charge on any atom is -0.357 e. The number of sulfonamides is 1. The fraction of sp³-hybridized carbons (Fsp3) is 0.429. The van der Waals surface area contributed by atoms with Gasteiger partial charge < -0.3 is 4.90 Å². The predicted octanol–water partition coefficient (Wildman–Crippen LogP) is 2.77. The molecule has 3 rings (SSSR count). The zero-order valence-electron chi connectivity index (χ0n) is 12.4. The number of hydrogen-bond donors (Lipinski definition) is 1. The molecule has 0 spiro atoms. The van der Waals surface area contributed by atoms with Crippen molar-refractivity contribution in [2.45, 2.75) is 30.0 Å². The van der Waals surface area contributed by atoms with Crippen molar-refractivity contribution < 1.29 is 8.42 Å². The Hall–Kier alpha value is -1.03. The van der Waals surface area contributed by atoms with Gasteiger partial charge in [-0.3, -0.25) is 0 Å². The Morgan fingerprint density at radius 1 is 1.22 bits per heavy atom. The molecule has 0 aliphatic carbocycles. The molecule has 1 saturated heterocycles. The summed E-state index contributed by atoms with van der Waals surface area (Å²) in [6.45, 7) is 2.07. The van der Waals surface area contributed by atoms with Gasteiger partial charge in [0.25, 0.3) is 0 Å². The quantitative estimate of drug-likeness (QED) is 0.810. The molecular formula is C14H17BrN4O2S2. The molecule has 2 aromatic rings. The Labute approximate surface area is 148 Å².